The summed E-state index contributed by atoms with van der Waals surface area (Å²) < 4.78 is 0. The van der Waals surface area contributed by atoms with Crippen LogP contribution < -0.4 is 5.73 Å². The molecule has 0 radical (unpaired) electrons. The fourth-order valence-corrected chi connectivity index (χ4v) is 5.58. The van der Waals surface area contributed by atoms with Crippen LogP contribution in [0.4, 0.5) is 0 Å². The van der Waals surface area contributed by atoms with Crippen LogP contribution in [0.3, 0.4) is 0 Å². The molecule has 36 heavy (non-hydrogen) atoms. The van der Waals surface area contributed by atoms with E-state index in [4.69, 9.17) is 5.73 Å². The molecular weight excluding hydrogens is 579 g/mol. The Morgan fingerprint density at radius 3 is 2.17 bits per heavy atom. The summed E-state index contributed by atoms with van der Waals surface area (Å²) in [6, 6.07) is 3.13. The van der Waals surface area contributed by atoms with Crippen molar-refractivity contribution in [1.29, 1.82) is 0 Å². The summed E-state index contributed by atoms with van der Waals surface area (Å²) >= 11 is 0. The topological polar surface area (TPSA) is 242 Å². The summed E-state index contributed by atoms with van der Waals surface area (Å²) in [6.07, 6.45) is -1.59. The van der Waals surface area contributed by atoms with Crippen molar-refractivity contribution in [3.05, 3.63) is 46.2 Å². The number of nitrogens with two attached hydrogens (primary N) is 1. The van der Waals surface area contributed by atoms with Crippen molar-refractivity contribution in [3.63, 3.8) is 0 Å². The van der Waals surface area contributed by atoms with E-state index < -0.39 is 75.6 Å². The fraction of sp³-hybridized carbons (Fsp3) is 0.409. The molecule has 4 rings (SSSR count). The van der Waals surface area contributed by atoms with Crippen molar-refractivity contribution >= 4 is 23.2 Å². The molecule has 0 aromatic heterocycles. The molecule has 1 fully saturated rings. The number of hydrogen-bond donors (Lipinski definition) is 6. The smallest absolute Gasteiger partial charge is 1.00 e. The Kier molecular flexibility index (Phi) is 10.3. The first kappa shape index (κ1) is 33.7. The van der Waals surface area contributed by atoms with Crippen molar-refractivity contribution in [2.24, 2.45) is 17.6 Å². The van der Waals surface area contributed by atoms with Crippen molar-refractivity contribution in [2.75, 3.05) is 14.1 Å². The number of amides is 1. The quantitative estimate of drug-likeness (QED) is 0.170. The number of nitrogens with zero attached hydrogens (tertiary/aromatic N) is 1. The molecular formula is C22H26Cu2N2O10. The zero-order valence-corrected chi connectivity index (χ0v) is 21.0. The molecule has 1 aromatic carbocycles. The van der Waals surface area contributed by atoms with E-state index in [0.29, 0.717) is 5.56 Å². The molecule has 1 saturated carbocycles. The van der Waals surface area contributed by atoms with Gasteiger partial charge >= 0.3 is 34.1 Å². The Hall–Kier alpha value is -2.25. The minimum Gasteiger partial charge on any atom is -2.00 e. The molecule has 14 heteroatoms. The number of hydrogen-bond acceptors (Lipinski definition) is 9. The first-order chi connectivity index (χ1) is 14.9. The number of primary amides is 1. The van der Waals surface area contributed by atoms with E-state index in [1.807, 2.05) is 0 Å². The van der Waals surface area contributed by atoms with Crippen LogP contribution in [0, 0.1) is 11.8 Å². The normalized spacial score (nSPS) is 30.6. The van der Waals surface area contributed by atoms with Gasteiger partial charge < -0.3 is 42.2 Å². The number of phenolic OH excluding ortho intramolecular Hbond substituents is 1. The third kappa shape index (κ3) is 4.08. The van der Waals surface area contributed by atoms with Gasteiger partial charge in [-0.15, -0.1) is 0 Å². The summed E-state index contributed by atoms with van der Waals surface area (Å²) in [5, 5.41) is 54.9. The van der Waals surface area contributed by atoms with Gasteiger partial charge in [-0.05, 0) is 31.6 Å². The van der Waals surface area contributed by atoms with Gasteiger partial charge in [0.1, 0.15) is 22.8 Å². The molecule has 1 amide bonds. The van der Waals surface area contributed by atoms with Gasteiger partial charge in [-0.25, -0.2) is 0 Å². The number of rotatable bonds is 2. The zero-order chi connectivity index (χ0) is 23.9. The van der Waals surface area contributed by atoms with Crippen LogP contribution >= 0.6 is 0 Å². The van der Waals surface area contributed by atoms with Gasteiger partial charge in [-0.1, -0.05) is 19.1 Å². The predicted molar refractivity (Wildman–Crippen MR) is 115 cm³/mol. The van der Waals surface area contributed by atoms with Crippen LogP contribution in [-0.2, 0) is 54.0 Å². The molecule has 0 heterocycles. The van der Waals surface area contributed by atoms with Crippen LogP contribution in [0.15, 0.2) is 35.1 Å². The number of Topliss-reactive ketones (excluding diaryl/α,β-unsaturated/α-hetero) is 2. The molecule has 3 aliphatic rings. The Balaban J connectivity index is 0.00000306. The largest absolute Gasteiger partial charge is 2.00 e. The van der Waals surface area contributed by atoms with E-state index in [-0.39, 0.29) is 56.4 Å². The number of carbonyl (C=O) groups is 3. The molecule has 0 saturated heterocycles. The van der Waals surface area contributed by atoms with E-state index >= 15 is 0 Å². The molecule has 0 unspecified atom stereocenters. The maximum absolute atomic E-state index is 13.7. The summed E-state index contributed by atoms with van der Waals surface area (Å²) in [5.41, 5.74) is 1.47. The van der Waals surface area contributed by atoms with Gasteiger partial charge in [0.05, 0.1) is 23.6 Å². The Labute approximate surface area is 227 Å². The number of carbonyl (C=O) groups excluding carboxylic acids is 3. The van der Waals surface area contributed by atoms with Gasteiger partial charge in [-0.2, -0.15) is 0 Å². The summed E-state index contributed by atoms with van der Waals surface area (Å²) in [7, 11) is 2.92. The van der Waals surface area contributed by atoms with Crippen molar-refractivity contribution in [2.45, 2.75) is 30.6 Å². The Bertz CT molecular complexity index is 1150. The number of likely N-dealkylation sites (N-methyl/N-ethyl adjacent to an activating group) is 1. The van der Waals surface area contributed by atoms with E-state index in [1.54, 1.807) is 19.1 Å². The van der Waals surface area contributed by atoms with Gasteiger partial charge in [0, 0.05) is 11.5 Å². The van der Waals surface area contributed by atoms with E-state index in [2.05, 4.69) is 0 Å². The molecule has 3 aliphatic carbocycles. The SMILES string of the molecule is C[C@H]1c2cccc(O)c2C(O)=C2C(=O)[C@]3(O)C(O)=C(C(N)=O)C(=O)[C@@H](N(C)C)[C@@H]3[C@@H](O)[C@@H]21.O.[Cu+].[Cu+].[O-2]. The Morgan fingerprint density at radius 2 is 1.67 bits per heavy atom. The first-order valence-electron chi connectivity index (χ1n) is 10.0. The zero-order valence-electron chi connectivity index (χ0n) is 19.1. The van der Waals surface area contributed by atoms with Gasteiger partial charge in [0.25, 0.3) is 5.91 Å². The number of aromatic hydroxyl groups is 1. The fourth-order valence-electron chi connectivity index (χ4n) is 5.58. The van der Waals surface area contributed by atoms with Crippen LogP contribution in [0.25, 0.3) is 5.76 Å². The van der Waals surface area contributed by atoms with E-state index in [0.717, 1.165) is 0 Å². The Morgan fingerprint density at radius 1 is 1.11 bits per heavy atom. The number of benzene rings is 1. The molecule has 0 aliphatic heterocycles. The molecule has 9 N–H and O–H groups in total. The monoisotopic (exact) mass is 604 g/mol. The standard InChI is InChI=1S/C22H24N2O8.2Cu.H2O.O/c1-7-8-5-4-6-9(25)11(8)16(26)12-10(7)17(27)14-15(24(2)3)18(28)13(21(23)31)20(30)22(14,32)19(12)29;;;;/h4-7,10,14-15,17,25-27,30,32H,1-3H3,(H2,23,31);;;1H2;/q;2*+1;;-2/t7-,10+,14+,15-,17-,22-;;;;/m0..../s1. The van der Waals surface area contributed by atoms with Crippen molar-refractivity contribution in [1.82, 2.24) is 4.90 Å². The predicted octanol–water partition coefficient (Wildman–Crippen LogP) is -1.45. The van der Waals surface area contributed by atoms with Gasteiger partial charge in [0.2, 0.25) is 5.78 Å². The number of fused-ring (bicyclic) bond motifs is 3. The van der Waals surface area contributed by atoms with Crippen LogP contribution in [0.1, 0.15) is 24.0 Å². The summed E-state index contributed by atoms with van der Waals surface area (Å²) in [4.78, 5) is 40.0. The third-order valence-corrected chi connectivity index (χ3v) is 6.99. The van der Waals surface area contributed by atoms with Crippen molar-refractivity contribution < 1.29 is 85.0 Å². The van der Waals surface area contributed by atoms with Crippen LogP contribution in [0.2, 0.25) is 0 Å². The second-order valence-electron chi connectivity index (χ2n) is 8.79. The molecule has 206 valence electrons. The molecule has 1 aromatic rings. The van der Waals surface area contributed by atoms with Crippen molar-refractivity contribution in [3.8, 4) is 5.75 Å². The minimum absolute atomic E-state index is 0. The maximum atomic E-state index is 13.7. The maximum Gasteiger partial charge on any atom is 1.00 e. The van der Waals surface area contributed by atoms with Crippen LogP contribution in [-0.4, -0.2) is 85.2 Å². The molecule has 12 nitrogen and oxygen atoms in total. The molecule has 0 spiro atoms. The number of ketones is 2. The molecule has 0 bridgehead atoms. The number of aliphatic hydroxyl groups is 4. The minimum atomic E-state index is -2.89. The van der Waals surface area contributed by atoms with E-state index in [9.17, 15) is 39.9 Å². The third-order valence-electron chi connectivity index (χ3n) is 6.99. The van der Waals surface area contributed by atoms with Gasteiger partial charge in [0.15, 0.2) is 11.4 Å². The average Bonchev–Trinajstić information content (AvgIpc) is 2.70. The van der Waals surface area contributed by atoms with E-state index in [1.165, 1.54) is 25.1 Å². The number of aliphatic hydroxyl groups excluding tert-OH is 3. The summed E-state index contributed by atoms with van der Waals surface area (Å²) in [6.45, 7) is 1.68. The second-order valence-corrected chi connectivity index (χ2v) is 8.79. The molecule has 6 atom stereocenters. The second kappa shape index (κ2) is 11.0. The first-order valence-corrected chi connectivity index (χ1v) is 10.0. The number of phenols is 1. The van der Waals surface area contributed by atoms with Crippen LogP contribution in [0.5, 0.6) is 5.75 Å². The van der Waals surface area contributed by atoms with Gasteiger partial charge in [-0.3, -0.25) is 19.3 Å². The average molecular weight is 606 g/mol. The summed E-state index contributed by atoms with van der Waals surface area (Å²) in [5.74, 6) is -8.87.